The van der Waals surface area contributed by atoms with Crippen LogP contribution in [0.15, 0.2) is 24.3 Å². The van der Waals surface area contributed by atoms with Crippen LogP contribution >= 0.6 is 0 Å². The molecule has 0 bridgehead atoms. The second-order valence-electron chi connectivity index (χ2n) is 2.32. The molecule has 2 nitrogen and oxygen atoms in total. The fraction of sp³-hybridized carbons (Fsp3) is 0.125. The molecule has 0 unspecified atom stereocenters. The van der Waals surface area contributed by atoms with E-state index >= 15 is 0 Å². The summed E-state index contributed by atoms with van der Waals surface area (Å²) in [5, 5.41) is 17.4. The van der Waals surface area contributed by atoms with Gasteiger partial charge in [0.1, 0.15) is 0 Å². The van der Waals surface area contributed by atoms with E-state index in [1.54, 1.807) is 24.3 Å². The SMILES string of the molecule is [CH]Cc1ccc(B(O)O)cc1. The second-order valence-corrected chi connectivity index (χ2v) is 2.32. The molecule has 3 heteroatoms. The molecule has 2 N–H and O–H groups in total. The minimum atomic E-state index is -1.39. The molecular weight excluding hydrogens is 139 g/mol. The molecular formula is C8H9BO2. The van der Waals surface area contributed by atoms with Gasteiger partial charge >= 0.3 is 7.12 Å². The van der Waals surface area contributed by atoms with E-state index in [1.807, 2.05) is 0 Å². The van der Waals surface area contributed by atoms with Crippen molar-refractivity contribution in [3.05, 3.63) is 36.8 Å². The zero-order valence-electron chi connectivity index (χ0n) is 6.07. The molecule has 0 aliphatic rings. The van der Waals surface area contributed by atoms with Crippen LogP contribution in [0.25, 0.3) is 0 Å². The van der Waals surface area contributed by atoms with Crippen molar-refractivity contribution < 1.29 is 10.0 Å². The molecule has 1 aromatic rings. The van der Waals surface area contributed by atoms with Gasteiger partial charge in [-0.25, -0.2) is 0 Å². The number of hydrogen-bond donors (Lipinski definition) is 2. The van der Waals surface area contributed by atoms with Crippen molar-refractivity contribution in [2.24, 2.45) is 0 Å². The van der Waals surface area contributed by atoms with Crippen LogP contribution in [0.3, 0.4) is 0 Å². The first-order chi connectivity index (χ1) is 5.24. The van der Waals surface area contributed by atoms with E-state index in [-0.39, 0.29) is 0 Å². The minimum Gasteiger partial charge on any atom is -0.423 e. The third-order valence-electron chi connectivity index (χ3n) is 1.51. The first-order valence-corrected chi connectivity index (χ1v) is 3.39. The van der Waals surface area contributed by atoms with Crippen LogP contribution in [0.4, 0.5) is 0 Å². The minimum absolute atomic E-state index is 0.474. The van der Waals surface area contributed by atoms with Crippen molar-refractivity contribution in [2.45, 2.75) is 6.42 Å². The van der Waals surface area contributed by atoms with Gasteiger partial charge in [-0.15, -0.1) is 0 Å². The Balaban J connectivity index is 2.83. The van der Waals surface area contributed by atoms with E-state index in [4.69, 9.17) is 17.0 Å². The van der Waals surface area contributed by atoms with Crippen LogP contribution in [0.1, 0.15) is 5.56 Å². The van der Waals surface area contributed by atoms with E-state index in [2.05, 4.69) is 0 Å². The molecule has 11 heavy (non-hydrogen) atoms. The molecule has 0 atom stereocenters. The molecule has 0 aliphatic carbocycles. The molecule has 0 aliphatic heterocycles. The standard InChI is InChI=1S/C8H9BO2/c1-2-7-3-5-8(6-4-7)9(10)11/h1,3-6,10-11H,2H2. The van der Waals surface area contributed by atoms with Crippen LogP contribution in [0.5, 0.6) is 0 Å². The van der Waals surface area contributed by atoms with Gasteiger partial charge in [0, 0.05) is 0 Å². The van der Waals surface area contributed by atoms with Gasteiger partial charge in [-0.3, -0.25) is 0 Å². The van der Waals surface area contributed by atoms with E-state index in [0.29, 0.717) is 11.9 Å². The summed E-state index contributed by atoms with van der Waals surface area (Å²) in [7, 11) is -1.39. The zero-order valence-corrected chi connectivity index (χ0v) is 6.07. The maximum absolute atomic E-state index is 8.71. The molecule has 1 aromatic carbocycles. The van der Waals surface area contributed by atoms with Crippen molar-refractivity contribution >= 4 is 12.6 Å². The summed E-state index contributed by atoms with van der Waals surface area (Å²) in [5.74, 6) is 0. The van der Waals surface area contributed by atoms with Gasteiger partial charge < -0.3 is 10.0 Å². The number of hydrogen-bond acceptors (Lipinski definition) is 2. The zero-order chi connectivity index (χ0) is 8.27. The fourth-order valence-corrected chi connectivity index (χ4v) is 0.826. The number of benzene rings is 1. The van der Waals surface area contributed by atoms with E-state index in [9.17, 15) is 0 Å². The van der Waals surface area contributed by atoms with Crippen LogP contribution in [0.2, 0.25) is 0 Å². The van der Waals surface area contributed by atoms with Gasteiger partial charge in [0.25, 0.3) is 0 Å². The average molecular weight is 148 g/mol. The molecule has 0 saturated carbocycles. The highest BCUT2D eigenvalue weighted by molar-refractivity contribution is 6.58. The fourth-order valence-electron chi connectivity index (χ4n) is 0.826. The average Bonchev–Trinajstić information content (AvgIpc) is 2.05. The van der Waals surface area contributed by atoms with Crippen molar-refractivity contribution in [1.29, 1.82) is 0 Å². The highest BCUT2D eigenvalue weighted by Crippen LogP contribution is 1.96. The first kappa shape index (κ1) is 8.30. The van der Waals surface area contributed by atoms with Gasteiger partial charge in [-0.1, -0.05) is 24.3 Å². The normalized spacial score (nSPS) is 9.73. The Labute approximate surface area is 66.6 Å². The Hall–Kier alpha value is -0.795. The quantitative estimate of drug-likeness (QED) is 0.561. The van der Waals surface area contributed by atoms with Crippen molar-refractivity contribution in [1.82, 2.24) is 0 Å². The van der Waals surface area contributed by atoms with Gasteiger partial charge in [0.05, 0.1) is 0 Å². The van der Waals surface area contributed by atoms with E-state index < -0.39 is 7.12 Å². The lowest BCUT2D eigenvalue weighted by Crippen LogP contribution is -2.29. The summed E-state index contributed by atoms with van der Waals surface area (Å²) in [6.07, 6.45) is 0.474. The van der Waals surface area contributed by atoms with Crippen LogP contribution in [-0.4, -0.2) is 17.2 Å². The summed E-state index contributed by atoms with van der Waals surface area (Å²) in [6.45, 7) is 5.35. The summed E-state index contributed by atoms with van der Waals surface area (Å²) in [5.41, 5.74) is 1.47. The Morgan fingerprint density at radius 1 is 1.18 bits per heavy atom. The molecule has 2 radical (unpaired) electrons. The Bertz CT molecular complexity index is 218. The topological polar surface area (TPSA) is 40.5 Å². The third-order valence-corrected chi connectivity index (χ3v) is 1.51. The highest BCUT2D eigenvalue weighted by Gasteiger charge is 2.08. The predicted octanol–water partition coefficient (Wildman–Crippen LogP) is -0.380. The van der Waals surface area contributed by atoms with Crippen LogP contribution < -0.4 is 5.46 Å². The molecule has 0 amide bonds. The summed E-state index contributed by atoms with van der Waals surface area (Å²) >= 11 is 0. The lowest BCUT2D eigenvalue weighted by molar-refractivity contribution is 0.426. The third kappa shape index (κ3) is 2.07. The lowest BCUT2D eigenvalue weighted by atomic mass is 9.80. The van der Waals surface area contributed by atoms with Gasteiger partial charge in [0.15, 0.2) is 0 Å². The molecule has 0 fully saturated rings. The van der Waals surface area contributed by atoms with Crippen molar-refractivity contribution in [3.63, 3.8) is 0 Å². The van der Waals surface area contributed by atoms with Gasteiger partial charge in [-0.2, -0.15) is 0 Å². The molecule has 0 aromatic heterocycles. The Morgan fingerprint density at radius 3 is 2.09 bits per heavy atom. The Kier molecular flexibility index (Phi) is 2.68. The van der Waals surface area contributed by atoms with Crippen LogP contribution in [0, 0.1) is 6.92 Å². The van der Waals surface area contributed by atoms with Crippen molar-refractivity contribution in [3.8, 4) is 0 Å². The van der Waals surface area contributed by atoms with E-state index in [1.165, 1.54) is 0 Å². The molecule has 0 spiro atoms. The number of rotatable bonds is 2. The van der Waals surface area contributed by atoms with Crippen molar-refractivity contribution in [2.75, 3.05) is 0 Å². The molecule has 0 saturated heterocycles. The highest BCUT2D eigenvalue weighted by atomic mass is 16.4. The summed E-state index contributed by atoms with van der Waals surface area (Å²) < 4.78 is 0. The van der Waals surface area contributed by atoms with E-state index in [0.717, 1.165) is 5.56 Å². The predicted molar refractivity (Wildman–Crippen MR) is 44.3 cm³/mol. The molecule has 1 rings (SSSR count). The maximum atomic E-state index is 8.71. The Morgan fingerprint density at radius 2 is 1.73 bits per heavy atom. The summed E-state index contributed by atoms with van der Waals surface area (Å²) in [4.78, 5) is 0. The maximum Gasteiger partial charge on any atom is 0.488 e. The summed E-state index contributed by atoms with van der Waals surface area (Å²) in [6, 6.07) is 6.84. The smallest absolute Gasteiger partial charge is 0.423 e. The first-order valence-electron chi connectivity index (χ1n) is 3.39. The van der Waals surface area contributed by atoms with Gasteiger partial charge in [0.2, 0.25) is 0 Å². The van der Waals surface area contributed by atoms with Gasteiger partial charge in [-0.05, 0) is 24.4 Å². The largest absolute Gasteiger partial charge is 0.488 e. The van der Waals surface area contributed by atoms with Crippen LogP contribution in [-0.2, 0) is 6.42 Å². The lowest BCUT2D eigenvalue weighted by Gasteiger charge is -1.99. The second kappa shape index (κ2) is 3.55. The molecule has 0 heterocycles. The monoisotopic (exact) mass is 148 g/mol. The molecule has 56 valence electrons.